The number of aliphatic imine (C=N–C) groups is 1. The molecule has 1 heterocycles. The number of rotatable bonds is 2. The number of nitrogens with two attached hydrogens (primary N) is 1. The zero-order valence-corrected chi connectivity index (χ0v) is 10.6. The molecule has 0 saturated carbocycles. The van der Waals surface area contributed by atoms with E-state index in [1.165, 1.54) is 5.56 Å². The number of benzene rings is 2. The highest BCUT2D eigenvalue weighted by Crippen LogP contribution is 2.16. The number of nitrogens with one attached hydrogen (secondary N) is 1. The molecule has 0 aliphatic carbocycles. The van der Waals surface area contributed by atoms with Crippen LogP contribution in [0.2, 0.25) is 0 Å². The quantitative estimate of drug-likeness (QED) is 0.542. The normalized spacial score (nSPS) is 11.9. The summed E-state index contributed by atoms with van der Waals surface area (Å²) in [7, 11) is 0. The van der Waals surface area contributed by atoms with Gasteiger partial charge in [-0.15, -0.1) is 0 Å². The number of H-pyrrole nitrogens is 1. The molecule has 0 saturated heterocycles. The third-order valence-corrected chi connectivity index (χ3v) is 2.95. The zero-order chi connectivity index (χ0) is 13.2. The average Bonchev–Trinajstić information content (AvgIpc) is 2.81. The molecular formula is C15H14N4. The van der Waals surface area contributed by atoms with E-state index < -0.39 is 0 Å². The Labute approximate surface area is 111 Å². The number of fused-ring (bicyclic) bond motifs is 1. The van der Waals surface area contributed by atoms with Gasteiger partial charge in [0.25, 0.3) is 0 Å². The smallest absolute Gasteiger partial charge is 0.229 e. The van der Waals surface area contributed by atoms with Crippen molar-refractivity contribution < 1.29 is 0 Å². The molecule has 0 fully saturated rings. The second-order valence-electron chi connectivity index (χ2n) is 4.44. The van der Waals surface area contributed by atoms with Gasteiger partial charge in [0.05, 0.1) is 11.0 Å². The lowest BCUT2D eigenvalue weighted by atomic mass is 10.1. The van der Waals surface area contributed by atoms with Crippen LogP contribution in [0.1, 0.15) is 11.1 Å². The third kappa shape index (κ3) is 2.33. The molecule has 19 heavy (non-hydrogen) atoms. The van der Waals surface area contributed by atoms with Crippen LogP contribution in [-0.2, 0) is 0 Å². The molecule has 0 radical (unpaired) electrons. The highest BCUT2D eigenvalue weighted by Gasteiger charge is 2.03. The van der Waals surface area contributed by atoms with Gasteiger partial charge in [0.1, 0.15) is 5.84 Å². The number of hydrogen-bond acceptors (Lipinski definition) is 2. The molecule has 0 unspecified atom stereocenters. The van der Waals surface area contributed by atoms with Crippen molar-refractivity contribution in [2.45, 2.75) is 6.92 Å². The summed E-state index contributed by atoms with van der Waals surface area (Å²) < 4.78 is 0. The Morgan fingerprint density at radius 3 is 2.58 bits per heavy atom. The second kappa shape index (κ2) is 4.57. The van der Waals surface area contributed by atoms with Gasteiger partial charge in [-0.1, -0.05) is 42.0 Å². The lowest BCUT2D eigenvalue weighted by Gasteiger charge is -1.99. The van der Waals surface area contributed by atoms with E-state index in [9.17, 15) is 0 Å². The molecule has 3 N–H and O–H groups in total. The van der Waals surface area contributed by atoms with E-state index in [4.69, 9.17) is 5.73 Å². The minimum absolute atomic E-state index is 0.457. The minimum Gasteiger partial charge on any atom is -0.383 e. The van der Waals surface area contributed by atoms with E-state index >= 15 is 0 Å². The van der Waals surface area contributed by atoms with Crippen LogP contribution in [0, 0.1) is 6.92 Å². The van der Waals surface area contributed by atoms with Crippen molar-refractivity contribution in [3.63, 3.8) is 0 Å². The van der Waals surface area contributed by atoms with Gasteiger partial charge in [-0.05, 0) is 19.1 Å². The summed E-state index contributed by atoms with van der Waals surface area (Å²) in [6.45, 7) is 2.04. The molecule has 0 aliphatic rings. The number of para-hydroxylation sites is 2. The maximum Gasteiger partial charge on any atom is 0.229 e. The van der Waals surface area contributed by atoms with Crippen LogP contribution in [0.5, 0.6) is 0 Å². The first-order valence-electron chi connectivity index (χ1n) is 6.08. The van der Waals surface area contributed by atoms with Crippen LogP contribution >= 0.6 is 0 Å². The first kappa shape index (κ1) is 11.5. The fraction of sp³-hybridized carbons (Fsp3) is 0.0667. The standard InChI is InChI=1S/C15H14N4/c1-10-6-8-11(9-7-10)14(16)19-15-17-12-4-2-3-5-13(12)18-15/h2-9H,1H3,(H3,16,17,18,19). The predicted octanol–water partition coefficient (Wildman–Crippen LogP) is 2.91. The first-order valence-corrected chi connectivity index (χ1v) is 6.08. The van der Waals surface area contributed by atoms with Crippen LogP contribution in [0.3, 0.4) is 0 Å². The number of aromatic nitrogens is 2. The summed E-state index contributed by atoms with van der Waals surface area (Å²) in [4.78, 5) is 11.8. The molecule has 1 aromatic heterocycles. The fourth-order valence-corrected chi connectivity index (χ4v) is 1.90. The van der Waals surface area contributed by atoms with Crippen molar-refractivity contribution in [2.75, 3.05) is 0 Å². The van der Waals surface area contributed by atoms with Crippen LogP contribution in [-0.4, -0.2) is 15.8 Å². The van der Waals surface area contributed by atoms with E-state index in [0.717, 1.165) is 16.6 Å². The second-order valence-corrected chi connectivity index (χ2v) is 4.44. The van der Waals surface area contributed by atoms with Crippen molar-refractivity contribution >= 4 is 22.8 Å². The van der Waals surface area contributed by atoms with Gasteiger partial charge in [0, 0.05) is 5.56 Å². The van der Waals surface area contributed by atoms with Crippen LogP contribution in [0.4, 0.5) is 5.95 Å². The van der Waals surface area contributed by atoms with Gasteiger partial charge in [-0.2, -0.15) is 4.99 Å². The highest BCUT2D eigenvalue weighted by molar-refractivity contribution is 5.99. The van der Waals surface area contributed by atoms with Crippen molar-refractivity contribution in [1.82, 2.24) is 9.97 Å². The van der Waals surface area contributed by atoms with Gasteiger partial charge in [0.2, 0.25) is 5.95 Å². The van der Waals surface area contributed by atoms with Crippen molar-refractivity contribution in [3.8, 4) is 0 Å². The van der Waals surface area contributed by atoms with Crippen LogP contribution in [0.15, 0.2) is 53.5 Å². The van der Waals surface area contributed by atoms with Crippen LogP contribution in [0.25, 0.3) is 11.0 Å². The highest BCUT2D eigenvalue weighted by atomic mass is 15.1. The van der Waals surface area contributed by atoms with E-state index in [0.29, 0.717) is 11.8 Å². The average molecular weight is 250 g/mol. The van der Waals surface area contributed by atoms with Gasteiger partial charge in [0.15, 0.2) is 0 Å². The lowest BCUT2D eigenvalue weighted by molar-refractivity contribution is 1.25. The molecule has 0 amide bonds. The molecule has 3 rings (SSSR count). The summed E-state index contributed by atoms with van der Waals surface area (Å²) in [6.07, 6.45) is 0. The predicted molar refractivity (Wildman–Crippen MR) is 77.7 cm³/mol. The molecule has 0 aliphatic heterocycles. The Balaban J connectivity index is 1.97. The maximum atomic E-state index is 5.99. The maximum absolute atomic E-state index is 5.99. The molecule has 0 spiro atoms. The Morgan fingerprint density at radius 1 is 1.11 bits per heavy atom. The van der Waals surface area contributed by atoms with Gasteiger partial charge in [-0.25, -0.2) is 4.98 Å². The van der Waals surface area contributed by atoms with Gasteiger partial charge in [-0.3, -0.25) is 0 Å². The fourth-order valence-electron chi connectivity index (χ4n) is 1.90. The van der Waals surface area contributed by atoms with E-state index in [2.05, 4.69) is 15.0 Å². The monoisotopic (exact) mass is 250 g/mol. The number of nitrogens with zero attached hydrogens (tertiary/aromatic N) is 2. The molecule has 4 nitrogen and oxygen atoms in total. The number of aryl methyl sites for hydroxylation is 1. The molecule has 4 heteroatoms. The molecule has 2 aromatic carbocycles. The van der Waals surface area contributed by atoms with Crippen molar-refractivity contribution in [2.24, 2.45) is 10.7 Å². The van der Waals surface area contributed by atoms with E-state index in [1.807, 2.05) is 55.5 Å². The first-order chi connectivity index (χ1) is 9.22. The summed E-state index contributed by atoms with van der Waals surface area (Å²) in [5, 5.41) is 0. The number of amidine groups is 1. The Morgan fingerprint density at radius 2 is 1.84 bits per heavy atom. The Bertz CT molecular complexity index is 705. The number of imidazole rings is 1. The molecule has 0 atom stereocenters. The third-order valence-electron chi connectivity index (χ3n) is 2.95. The van der Waals surface area contributed by atoms with E-state index in [-0.39, 0.29) is 0 Å². The minimum atomic E-state index is 0.457. The largest absolute Gasteiger partial charge is 0.383 e. The number of aromatic amines is 1. The van der Waals surface area contributed by atoms with Crippen molar-refractivity contribution in [1.29, 1.82) is 0 Å². The van der Waals surface area contributed by atoms with Gasteiger partial charge >= 0.3 is 0 Å². The Kier molecular flexibility index (Phi) is 2.76. The zero-order valence-electron chi connectivity index (χ0n) is 10.6. The van der Waals surface area contributed by atoms with Crippen LogP contribution < -0.4 is 5.73 Å². The molecule has 3 aromatic rings. The van der Waals surface area contributed by atoms with Crippen molar-refractivity contribution in [3.05, 3.63) is 59.7 Å². The molecule has 94 valence electrons. The Hall–Kier alpha value is -2.62. The molecule has 0 bridgehead atoms. The van der Waals surface area contributed by atoms with E-state index in [1.54, 1.807) is 0 Å². The lowest BCUT2D eigenvalue weighted by Crippen LogP contribution is -2.12. The summed E-state index contributed by atoms with van der Waals surface area (Å²) in [5.41, 5.74) is 9.92. The summed E-state index contributed by atoms with van der Waals surface area (Å²) in [5.74, 6) is 0.985. The SMILES string of the molecule is Cc1ccc(/C(N)=N/c2nc3ccccc3[nH]2)cc1. The molecular weight excluding hydrogens is 236 g/mol. The number of hydrogen-bond donors (Lipinski definition) is 2. The topological polar surface area (TPSA) is 67.1 Å². The summed E-state index contributed by atoms with van der Waals surface area (Å²) in [6, 6.07) is 15.7. The summed E-state index contributed by atoms with van der Waals surface area (Å²) >= 11 is 0. The van der Waals surface area contributed by atoms with Gasteiger partial charge < -0.3 is 10.7 Å².